The zero-order valence-electron chi connectivity index (χ0n) is 17.9. The van der Waals surface area contributed by atoms with Crippen LogP contribution in [-0.4, -0.2) is 49.4 Å². The molecule has 1 fully saturated rings. The Morgan fingerprint density at radius 1 is 1.07 bits per heavy atom. The Bertz CT molecular complexity index is 947. The predicted octanol–water partition coefficient (Wildman–Crippen LogP) is 3.08. The van der Waals surface area contributed by atoms with Crippen molar-refractivity contribution >= 4 is 23.3 Å². The molecule has 3 N–H and O–H groups in total. The fraction of sp³-hybridized carbons (Fsp3) is 0.391. The number of hydrogen-bond acceptors (Lipinski definition) is 7. The monoisotopic (exact) mass is 406 g/mol. The number of guanidine groups is 2. The topological polar surface area (TPSA) is 78.5 Å². The molecule has 2 aliphatic heterocycles. The van der Waals surface area contributed by atoms with E-state index in [1.165, 1.54) is 16.7 Å². The van der Waals surface area contributed by atoms with Gasteiger partial charge in [-0.3, -0.25) is 4.90 Å². The van der Waals surface area contributed by atoms with Gasteiger partial charge in [0.1, 0.15) is 0 Å². The van der Waals surface area contributed by atoms with E-state index in [4.69, 9.17) is 10.5 Å². The summed E-state index contributed by atoms with van der Waals surface area (Å²) in [6.45, 7) is 9.27. The highest BCUT2D eigenvalue weighted by atomic mass is 16.5. The minimum absolute atomic E-state index is 0.277. The summed E-state index contributed by atoms with van der Waals surface area (Å²) in [5.74, 6) is 1.08. The van der Waals surface area contributed by atoms with Crippen molar-refractivity contribution in [3.63, 3.8) is 0 Å². The molecule has 30 heavy (non-hydrogen) atoms. The molecule has 2 aromatic carbocycles. The second kappa shape index (κ2) is 8.75. The summed E-state index contributed by atoms with van der Waals surface area (Å²) in [5, 5.41) is 3.55. The van der Waals surface area contributed by atoms with Gasteiger partial charge in [0.2, 0.25) is 18.2 Å². The number of nitrogens with two attached hydrogens (primary N) is 1. The molecule has 0 aliphatic carbocycles. The van der Waals surface area contributed by atoms with E-state index < -0.39 is 6.29 Å². The molecule has 0 saturated carbocycles. The van der Waals surface area contributed by atoms with Crippen LogP contribution in [0.3, 0.4) is 0 Å². The molecule has 0 spiro atoms. The first kappa shape index (κ1) is 20.2. The smallest absolute Gasteiger partial charge is 0.222 e. The number of anilines is 2. The molecule has 4 rings (SSSR count). The van der Waals surface area contributed by atoms with Crippen LogP contribution >= 0.6 is 0 Å². The molecule has 2 heterocycles. The number of hydrogen-bond donors (Lipinski definition) is 2. The van der Waals surface area contributed by atoms with Crippen molar-refractivity contribution in [2.24, 2.45) is 15.7 Å². The number of rotatable bonds is 4. The number of nitrogens with zero attached hydrogens (tertiary/aromatic N) is 4. The number of benzene rings is 2. The number of nitrogens with one attached hydrogen (secondary N) is 1. The number of morpholine rings is 1. The fourth-order valence-corrected chi connectivity index (χ4v) is 3.69. The van der Waals surface area contributed by atoms with Gasteiger partial charge in [-0.1, -0.05) is 25.1 Å². The van der Waals surface area contributed by atoms with E-state index in [9.17, 15) is 0 Å². The largest absolute Gasteiger partial charge is 0.378 e. The third-order valence-electron chi connectivity index (χ3n) is 5.65. The Hall–Kier alpha value is -3.06. The van der Waals surface area contributed by atoms with Crippen LogP contribution in [0.2, 0.25) is 0 Å². The third kappa shape index (κ3) is 4.26. The van der Waals surface area contributed by atoms with Crippen LogP contribution in [0.1, 0.15) is 23.6 Å². The first-order valence-corrected chi connectivity index (χ1v) is 10.5. The first-order chi connectivity index (χ1) is 14.5. The van der Waals surface area contributed by atoms with Gasteiger partial charge in [-0.15, -0.1) is 0 Å². The second-order valence-electron chi connectivity index (χ2n) is 7.71. The average molecular weight is 407 g/mol. The van der Waals surface area contributed by atoms with Crippen molar-refractivity contribution in [1.82, 2.24) is 4.90 Å². The molecule has 7 nitrogen and oxygen atoms in total. The molecular formula is C23H30N6O. The Morgan fingerprint density at radius 2 is 1.80 bits per heavy atom. The molecule has 0 aromatic heterocycles. The van der Waals surface area contributed by atoms with E-state index in [1.807, 2.05) is 0 Å². The highest BCUT2D eigenvalue weighted by molar-refractivity contribution is 6.06. The van der Waals surface area contributed by atoms with Crippen molar-refractivity contribution in [3.8, 4) is 0 Å². The van der Waals surface area contributed by atoms with Gasteiger partial charge in [-0.05, 0) is 61.2 Å². The van der Waals surface area contributed by atoms with E-state index >= 15 is 0 Å². The lowest BCUT2D eigenvalue weighted by Crippen LogP contribution is -2.57. The summed E-state index contributed by atoms with van der Waals surface area (Å²) >= 11 is 0. The van der Waals surface area contributed by atoms with Gasteiger partial charge in [0.25, 0.3) is 0 Å². The molecule has 158 valence electrons. The molecular weight excluding hydrogens is 376 g/mol. The van der Waals surface area contributed by atoms with Crippen LogP contribution in [0, 0.1) is 13.8 Å². The summed E-state index contributed by atoms with van der Waals surface area (Å²) in [6.07, 6.45) is 0.607. The van der Waals surface area contributed by atoms with Crippen molar-refractivity contribution in [3.05, 3.63) is 59.2 Å². The maximum atomic E-state index is 6.15. The van der Waals surface area contributed by atoms with Crippen LogP contribution in [0.25, 0.3) is 0 Å². The molecule has 1 atom stereocenters. The fourth-order valence-electron chi connectivity index (χ4n) is 3.69. The molecule has 7 heteroatoms. The highest BCUT2D eigenvalue weighted by Crippen LogP contribution is 2.25. The van der Waals surface area contributed by atoms with Gasteiger partial charge in [-0.25, -0.2) is 4.99 Å². The molecule has 0 amide bonds. The molecule has 0 bridgehead atoms. The zero-order valence-corrected chi connectivity index (χ0v) is 17.9. The third-order valence-corrected chi connectivity index (χ3v) is 5.65. The quantitative estimate of drug-likeness (QED) is 0.816. The molecule has 1 saturated heterocycles. The Kier molecular flexibility index (Phi) is 5.90. The SMILES string of the molecule is CCc1ccc(N2C(N3CCOCC3)=NC(N)=NC2Nc2ccc(C)c(C)c2)cc1. The maximum Gasteiger partial charge on any atom is 0.222 e. The van der Waals surface area contributed by atoms with Crippen LogP contribution in [0.4, 0.5) is 11.4 Å². The lowest BCUT2D eigenvalue weighted by atomic mass is 10.1. The lowest BCUT2D eigenvalue weighted by Gasteiger charge is -2.41. The van der Waals surface area contributed by atoms with E-state index in [0.29, 0.717) is 13.2 Å². The number of aryl methyl sites for hydroxylation is 3. The van der Waals surface area contributed by atoms with Gasteiger partial charge < -0.3 is 20.7 Å². The van der Waals surface area contributed by atoms with Crippen molar-refractivity contribution in [2.75, 3.05) is 36.5 Å². The van der Waals surface area contributed by atoms with E-state index in [2.05, 4.69) is 88.3 Å². The van der Waals surface area contributed by atoms with Crippen LogP contribution in [0.15, 0.2) is 52.4 Å². The van der Waals surface area contributed by atoms with Crippen molar-refractivity contribution < 1.29 is 4.74 Å². The summed E-state index contributed by atoms with van der Waals surface area (Å²) in [4.78, 5) is 13.6. The summed E-state index contributed by atoms with van der Waals surface area (Å²) in [6, 6.07) is 14.9. The molecule has 1 unspecified atom stereocenters. The molecule has 0 radical (unpaired) electrons. The van der Waals surface area contributed by atoms with Crippen LogP contribution in [-0.2, 0) is 11.2 Å². The van der Waals surface area contributed by atoms with Crippen molar-refractivity contribution in [1.29, 1.82) is 0 Å². The normalized spacial score (nSPS) is 19.4. The predicted molar refractivity (Wildman–Crippen MR) is 123 cm³/mol. The van der Waals surface area contributed by atoms with Gasteiger partial charge in [0, 0.05) is 24.5 Å². The number of aliphatic imine (C=N–C) groups is 2. The van der Waals surface area contributed by atoms with Gasteiger partial charge in [-0.2, -0.15) is 4.99 Å². The molecule has 2 aliphatic rings. The zero-order chi connectivity index (χ0) is 21.1. The Morgan fingerprint density at radius 3 is 2.47 bits per heavy atom. The van der Waals surface area contributed by atoms with Gasteiger partial charge >= 0.3 is 0 Å². The lowest BCUT2D eigenvalue weighted by molar-refractivity contribution is 0.0671. The molecule has 2 aromatic rings. The van der Waals surface area contributed by atoms with Crippen LogP contribution in [0.5, 0.6) is 0 Å². The van der Waals surface area contributed by atoms with Gasteiger partial charge in [0.15, 0.2) is 0 Å². The minimum atomic E-state index is -0.394. The second-order valence-corrected chi connectivity index (χ2v) is 7.71. The maximum absolute atomic E-state index is 6.15. The summed E-state index contributed by atoms with van der Waals surface area (Å²) < 4.78 is 5.54. The van der Waals surface area contributed by atoms with Crippen LogP contribution < -0.4 is 16.0 Å². The minimum Gasteiger partial charge on any atom is -0.378 e. The van der Waals surface area contributed by atoms with E-state index in [1.54, 1.807) is 0 Å². The Balaban J connectivity index is 1.71. The van der Waals surface area contributed by atoms with E-state index in [0.717, 1.165) is 36.8 Å². The first-order valence-electron chi connectivity index (χ1n) is 10.5. The average Bonchev–Trinajstić information content (AvgIpc) is 2.77. The van der Waals surface area contributed by atoms with Crippen molar-refractivity contribution in [2.45, 2.75) is 33.5 Å². The summed E-state index contributed by atoms with van der Waals surface area (Å²) in [7, 11) is 0. The Labute approximate surface area is 178 Å². The highest BCUT2D eigenvalue weighted by Gasteiger charge is 2.32. The standard InChI is InChI=1S/C23H30N6O/c1-4-18-6-9-20(10-7-18)29-22(25-19-8-5-16(2)17(3)15-19)26-21(24)27-23(29)28-11-13-30-14-12-28/h5-10,15,22,25H,4,11-14H2,1-3H3,(H2,24,26). The van der Waals surface area contributed by atoms with Gasteiger partial charge in [0.05, 0.1) is 13.2 Å². The van der Waals surface area contributed by atoms with E-state index in [-0.39, 0.29) is 5.96 Å². The summed E-state index contributed by atoms with van der Waals surface area (Å²) in [5.41, 5.74) is 12.0. The number of ether oxygens (including phenoxy) is 1.